The third-order valence-corrected chi connectivity index (χ3v) is 11.9. The lowest BCUT2D eigenvalue weighted by Gasteiger charge is -2.58. The summed E-state index contributed by atoms with van der Waals surface area (Å²) in [5, 5.41) is 10.3. The van der Waals surface area contributed by atoms with Crippen LogP contribution in [-0.2, 0) is 4.79 Å². The quantitative estimate of drug-likeness (QED) is 0.281. The molecule has 0 heterocycles. The van der Waals surface area contributed by atoms with E-state index >= 15 is 0 Å². The van der Waals surface area contributed by atoms with Crippen molar-refractivity contribution in [3.63, 3.8) is 0 Å². The van der Waals surface area contributed by atoms with Crippen LogP contribution >= 0.6 is 0 Å². The molecule has 216 valence electrons. The van der Waals surface area contributed by atoms with Crippen molar-refractivity contribution in [1.82, 2.24) is 9.80 Å². The molecule has 0 bridgehead atoms. The molecule has 1 unspecified atom stereocenters. The smallest absolute Gasteiger partial charge is 0.407 e. The van der Waals surface area contributed by atoms with Crippen LogP contribution in [0.25, 0.3) is 0 Å². The minimum atomic E-state index is -0.737. The maximum atomic E-state index is 12.5. The summed E-state index contributed by atoms with van der Waals surface area (Å²) in [5.74, 6) is 2.89. The predicted molar refractivity (Wildman–Crippen MR) is 155 cm³/mol. The van der Waals surface area contributed by atoms with Crippen molar-refractivity contribution in [2.45, 2.75) is 124 Å². The van der Waals surface area contributed by atoms with Gasteiger partial charge in [-0.25, -0.2) is 4.79 Å². The van der Waals surface area contributed by atoms with Crippen molar-refractivity contribution in [1.29, 1.82) is 0 Å². The average molecular weight is 529 g/mol. The zero-order valence-electron chi connectivity index (χ0n) is 25.1. The molecule has 0 aromatic carbocycles. The molecule has 0 aromatic heterocycles. The molecule has 0 spiro atoms. The number of carbonyl (C=O) groups is 2. The van der Waals surface area contributed by atoms with E-state index in [4.69, 9.17) is 0 Å². The summed E-state index contributed by atoms with van der Waals surface area (Å²) in [4.78, 5) is 29.0. The summed E-state index contributed by atoms with van der Waals surface area (Å²) >= 11 is 0. The van der Waals surface area contributed by atoms with Crippen molar-refractivity contribution in [2.75, 3.05) is 26.2 Å². The van der Waals surface area contributed by atoms with Crippen LogP contribution in [0.5, 0.6) is 0 Å². The molecule has 3 fully saturated rings. The number of unbranched alkanes of at least 4 members (excludes halogenated alkanes) is 2. The molecule has 0 aliphatic heterocycles. The molecule has 7 atom stereocenters. The van der Waals surface area contributed by atoms with E-state index in [1.54, 1.807) is 4.90 Å². The normalized spacial score (nSPS) is 35.3. The van der Waals surface area contributed by atoms with Crippen LogP contribution in [0, 0.1) is 34.5 Å². The maximum absolute atomic E-state index is 12.5. The van der Waals surface area contributed by atoms with E-state index in [0.29, 0.717) is 36.5 Å². The number of hydrogen-bond donors (Lipinski definition) is 1. The van der Waals surface area contributed by atoms with E-state index in [-0.39, 0.29) is 16.9 Å². The van der Waals surface area contributed by atoms with Crippen LogP contribution in [0.1, 0.15) is 118 Å². The van der Waals surface area contributed by atoms with Gasteiger partial charge in [-0.3, -0.25) is 4.79 Å². The van der Waals surface area contributed by atoms with Gasteiger partial charge in [-0.05, 0) is 131 Å². The van der Waals surface area contributed by atoms with Gasteiger partial charge in [0.1, 0.15) is 0 Å². The molecular formula is C33H56N2O3. The second-order valence-electron chi connectivity index (χ2n) is 13.8. The fourth-order valence-corrected chi connectivity index (χ4v) is 9.65. The van der Waals surface area contributed by atoms with Gasteiger partial charge in [-0.1, -0.05) is 46.1 Å². The highest BCUT2D eigenvalue weighted by atomic mass is 16.4. The van der Waals surface area contributed by atoms with E-state index in [1.165, 1.54) is 56.9 Å². The number of nitrogens with zero attached hydrogens (tertiary/aromatic N) is 2. The highest BCUT2D eigenvalue weighted by molar-refractivity contribution is 5.91. The lowest BCUT2D eigenvalue weighted by atomic mass is 9.46. The molecule has 0 aromatic rings. The molecule has 4 aliphatic carbocycles. The summed E-state index contributed by atoms with van der Waals surface area (Å²) in [5.41, 5.74) is 1.87. The Kier molecular flexibility index (Phi) is 9.69. The van der Waals surface area contributed by atoms with E-state index in [2.05, 4.69) is 39.5 Å². The number of rotatable bonds is 12. The Morgan fingerprint density at radius 3 is 2.29 bits per heavy atom. The highest BCUT2D eigenvalue weighted by Gasteiger charge is 2.60. The minimum Gasteiger partial charge on any atom is -0.465 e. The first-order chi connectivity index (χ1) is 18.2. The summed E-state index contributed by atoms with van der Waals surface area (Å²) < 4.78 is 0. The van der Waals surface area contributed by atoms with E-state index in [9.17, 15) is 14.7 Å². The number of carbonyl (C=O) groups excluding carboxylic acids is 1. The molecule has 1 N–H and O–H groups in total. The SMILES string of the molecule is CCCCN(CCCC)CCCN(C(=O)O)C(C)[C@H]1CC[C@H]2[C@@H]3CCC4=CC(=O)CC[C@]4(C)[C@H]3CC[C@]12C. The van der Waals surface area contributed by atoms with Crippen LogP contribution in [0.4, 0.5) is 4.79 Å². The van der Waals surface area contributed by atoms with E-state index < -0.39 is 6.09 Å². The first kappa shape index (κ1) is 29.6. The molecule has 38 heavy (non-hydrogen) atoms. The van der Waals surface area contributed by atoms with Gasteiger partial charge in [0.25, 0.3) is 0 Å². The number of amides is 1. The fourth-order valence-electron chi connectivity index (χ4n) is 9.65. The summed E-state index contributed by atoms with van der Waals surface area (Å²) in [6.07, 6.45) is 15.9. The Morgan fingerprint density at radius 2 is 1.63 bits per heavy atom. The summed E-state index contributed by atoms with van der Waals surface area (Å²) in [6.45, 7) is 15.6. The van der Waals surface area contributed by atoms with Crippen molar-refractivity contribution in [2.24, 2.45) is 34.5 Å². The monoisotopic (exact) mass is 528 g/mol. The average Bonchev–Trinajstić information content (AvgIpc) is 3.24. The van der Waals surface area contributed by atoms with Crippen molar-refractivity contribution >= 4 is 11.9 Å². The Hall–Kier alpha value is -1.36. The van der Waals surface area contributed by atoms with Gasteiger partial charge in [0.2, 0.25) is 0 Å². The Bertz CT molecular complexity index is 862. The van der Waals surface area contributed by atoms with Gasteiger partial charge in [-0.15, -0.1) is 0 Å². The molecule has 5 nitrogen and oxygen atoms in total. The molecule has 1 amide bonds. The van der Waals surface area contributed by atoms with Crippen LogP contribution in [0.3, 0.4) is 0 Å². The van der Waals surface area contributed by atoms with Crippen LogP contribution in [0.2, 0.25) is 0 Å². The molecule has 4 rings (SSSR count). The number of allylic oxidation sites excluding steroid dienone is 1. The topological polar surface area (TPSA) is 60.9 Å². The molecule has 5 heteroatoms. The third kappa shape index (κ3) is 5.74. The van der Waals surface area contributed by atoms with Gasteiger partial charge < -0.3 is 14.9 Å². The van der Waals surface area contributed by atoms with E-state index in [0.717, 1.165) is 51.2 Å². The van der Waals surface area contributed by atoms with E-state index in [1.807, 2.05) is 6.08 Å². The van der Waals surface area contributed by atoms with Crippen molar-refractivity contribution in [3.05, 3.63) is 11.6 Å². The van der Waals surface area contributed by atoms with Gasteiger partial charge in [0.05, 0.1) is 0 Å². The molecular weight excluding hydrogens is 472 g/mol. The minimum absolute atomic E-state index is 0.0701. The predicted octanol–water partition coefficient (Wildman–Crippen LogP) is 7.80. The summed E-state index contributed by atoms with van der Waals surface area (Å²) in [7, 11) is 0. The second kappa shape index (κ2) is 12.4. The number of hydrogen-bond acceptors (Lipinski definition) is 3. The highest BCUT2D eigenvalue weighted by Crippen LogP contribution is 2.67. The third-order valence-electron chi connectivity index (χ3n) is 11.9. The lowest BCUT2D eigenvalue weighted by molar-refractivity contribution is -0.117. The van der Waals surface area contributed by atoms with Crippen molar-refractivity contribution < 1.29 is 14.7 Å². The zero-order chi connectivity index (χ0) is 27.5. The van der Waals surface area contributed by atoms with Gasteiger partial charge in [-0.2, -0.15) is 0 Å². The standard InChI is InChI=1S/C33H56N2O3/c1-6-8-19-34(20-9-7-2)21-10-22-35(31(37)38)24(3)28-13-14-29-27-12-11-25-23-26(36)15-17-32(25,4)30(27)16-18-33(28,29)5/h23-24,27-30H,6-22H2,1-5H3,(H,37,38)/t24?,27-,28+,29-,30-,32-,33+/m0/s1. The summed E-state index contributed by atoms with van der Waals surface area (Å²) in [6, 6.07) is 0.0701. The Balaban J connectivity index is 1.42. The second-order valence-corrected chi connectivity index (χ2v) is 13.8. The van der Waals surface area contributed by atoms with Crippen LogP contribution in [-0.4, -0.2) is 59.0 Å². The molecule has 0 saturated heterocycles. The first-order valence-electron chi connectivity index (χ1n) is 16.1. The molecule has 0 radical (unpaired) electrons. The Morgan fingerprint density at radius 1 is 0.947 bits per heavy atom. The lowest BCUT2D eigenvalue weighted by Crippen LogP contribution is -2.53. The number of fused-ring (bicyclic) bond motifs is 5. The van der Waals surface area contributed by atoms with Gasteiger partial charge in [0.15, 0.2) is 5.78 Å². The van der Waals surface area contributed by atoms with Gasteiger partial charge >= 0.3 is 6.09 Å². The van der Waals surface area contributed by atoms with Crippen molar-refractivity contribution in [3.8, 4) is 0 Å². The fraction of sp³-hybridized carbons (Fsp3) is 0.879. The zero-order valence-corrected chi connectivity index (χ0v) is 25.1. The molecule has 3 saturated carbocycles. The van der Waals surface area contributed by atoms with Gasteiger partial charge in [0, 0.05) is 19.0 Å². The van der Waals surface area contributed by atoms with Crippen LogP contribution in [0.15, 0.2) is 11.6 Å². The largest absolute Gasteiger partial charge is 0.465 e. The first-order valence-corrected chi connectivity index (χ1v) is 16.1. The number of carboxylic acid groups (broad SMARTS) is 1. The molecule has 4 aliphatic rings. The Labute approximate surface area is 232 Å². The number of ketones is 1. The maximum Gasteiger partial charge on any atom is 0.407 e. The van der Waals surface area contributed by atoms with Crippen LogP contribution < -0.4 is 0 Å².